The highest BCUT2D eigenvalue weighted by atomic mass is 32.2. The Labute approximate surface area is 255 Å². The smallest absolute Gasteiger partial charge is 0.264 e. The summed E-state index contributed by atoms with van der Waals surface area (Å²) in [5, 5.41) is 0. The van der Waals surface area contributed by atoms with Gasteiger partial charge in [0.05, 0.1) is 9.79 Å². The largest absolute Gasteiger partial charge is 0.274 e. The van der Waals surface area contributed by atoms with E-state index in [-0.39, 0.29) is 9.79 Å². The zero-order valence-electron chi connectivity index (χ0n) is 26.6. The lowest BCUT2D eigenvalue weighted by Gasteiger charge is -2.63. The average molecular weight is 620 g/mol. The summed E-state index contributed by atoms with van der Waals surface area (Å²) in [6.07, 6.45) is 15.2. The molecule has 0 aliphatic heterocycles. The van der Waals surface area contributed by atoms with Crippen molar-refractivity contribution in [3.05, 3.63) is 24.3 Å². The topological polar surface area (TPSA) is 97.4 Å². The molecule has 4 aliphatic carbocycles. The number of nitrogens with one attached hydrogen (secondary N) is 1. The number of fused-ring (bicyclic) bond motifs is 5. The average Bonchev–Trinajstić information content (AvgIpc) is 3.29. The first-order valence-electron chi connectivity index (χ1n) is 16.5. The van der Waals surface area contributed by atoms with Gasteiger partial charge >= 0.3 is 0 Å². The highest BCUT2D eigenvalue weighted by Crippen LogP contribution is 2.69. The van der Waals surface area contributed by atoms with E-state index in [1.54, 1.807) is 0 Å². The molecule has 3 unspecified atom stereocenters. The van der Waals surface area contributed by atoms with Crippen LogP contribution in [0.4, 0.5) is 0 Å². The molecule has 6 nitrogen and oxygen atoms in total. The Balaban J connectivity index is 1.25. The Hall–Kier alpha value is -1.41. The number of rotatable bonds is 8. The van der Waals surface area contributed by atoms with Crippen LogP contribution in [0.3, 0.4) is 0 Å². The van der Waals surface area contributed by atoms with Gasteiger partial charge in [-0.15, -0.1) is 0 Å². The van der Waals surface area contributed by atoms with E-state index in [4.69, 9.17) is 0 Å². The van der Waals surface area contributed by atoms with Crippen molar-refractivity contribution in [1.29, 1.82) is 0 Å². The fourth-order valence-corrected chi connectivity index (χ4v) is 12.7. The van der Waals surface area contributed by atoms with Gasteiger partial charge in [0, 0.05) is 12.2 Å². The van der Waals surface area contributed by atoms with E-state index in [0.29, 0.717) is 29.1 Å². The molecule has 0 radical (unpaired) electrons. The molecular formula is C34H53NO5S2. The number of sulfone groups is 1. The molecule has 0 aromatic heterocycles. The van der Waals surface area contributed by atoms with Gasteiger partial charge in [0.25, 0.3) is 10.0 Å². The molecule has 4 saturated carbocycles. The molecule has 236 valence electrons. The van der Waals surface area contributed by atoms with Crippen LogP contribution in [0.25, 0.3) is 0 Å². The van der Waals surface area contributed by atoms with Gasteiger partial charge in [0.2, 0.25) is 5.91 Å². The molecule has 10 atom stereocenters. The van der Waals surface area contributed by atoms with Gasteiger partial charge < -0.3 is 0 Å². The van der Waals surface area contributed by atoms with Gasteiger partial charge in [-0.1, -0.05) is 53.9 Å². The van der Waals surface area contributed by atoms with Crippen LogP contribution in [-0.4, -0.2) is 29.0 Å². The third-order valence-electron chi connectivity index (χ3n) is 13.0. The minimum atomic E-state index is -4.08. The number of benzene rings is 1. The predicted molar refractivity (Wildman–Crippen MR) is 167 cm³/mol. The van der Waals surface area contributed by atoms with E-state index in [9.17, 15) is 21.6 Å². The third-order valence-corrected chi connectivity index (χ3v) is 15.5. The molecule has 4 fully saturated rings. The van der Waals surface area contributed by atoms with Crippen molar-refractivity contribution in [2.75, 3.05) is 6.26 Å². The normalized spacial score (nSPS) is 38.0. The molecule has 0 spiro atoms. The molecule has 5 rings (SSSR count). The maximum atomic E-state index is 13.1. The molecule has 42 heavy (non-hydrogen) atoms. The van der Waals surface area contributed by atoms with Crippen LogP contribution >= 0.6 is 0 Å². The SMILES string of the molecule is CC[C@H]1CC2C3CC[C@H]([C@H](C)C[C@@H](C)C(=O)NS(=O)(=O)c4ccc(S(C)(=O)=O)cc4)[C@@]3(C)CCC2[C@@]2(C)CCCC[C@@H]12. The molecule has 0 bridgehead atoms. The van der Waals surface area contributed by atoms with E-state index < -0.39 is 31.7 Å². The number of hydrogen-bond acceptors (Lipinski definition) is 5. The summed E-state index contributed by atoms with van der Waals surface area (Å²) in [4.78, 5) is 13.0. The van der Waals surface area contributed by atoms with Gasteiger partial charge in [0.15, 0.2) is 9.84 Å². The van der Waals surface area contributed by atoms with E-state index >= 15 is 0 Å². The lowest BCUT2D eigenvalue weighted by atomic mass is 9.42. The fraction of sp³-hybridized carbons (Fsp3) is 0.794. The number of hydrogen-bond donors (Lipinski definition) is 1. The van der Waals surface area contributed by atoms with Crippen LogP contribution in [-0.2, 0) is 24.7 Å². The number of carbonyl (C=O) groups excluding carboxylic acids is 1. The van der Waals surface area contributed by atoms with Crippen molar-refractivity contribution >= 4 is 25.8 Å². The summed E-state index contributed by atoms with van der Waals surface area (Å²) in [5.74, 6) is 4.17. The van der Waals surface area contributed by atoms with Gasteiger partial charge in [-0.05, 0) is 128 Å². The molecule has 1 N–H and O–H groups in total. The number of sulfonamides is 1. The standard InChI is InChI=1S/C34H53NO5S2/c1-7-24-21-27-30-16-15-28(34(30,5)19-17-31(27)33(4)18-9-8-10-29(24)33)22(2)20-23(3)32(36)35-42(39,40)26-13-11-25(12-14-26)41(6,37)38/h11-14,22-24,27-31H,7-10,15-21H2,1-6H3,(H,35,36)/t22-,23-,24+,27?,28-,29+,30?,31?,33+,34-/m1/s1. The first kappa shape index (κ1) is 32.0. The first-order chi connectivity index (χ1) is 19.6. The van der Waals surface area contributed by atoms with Gasteiger partial charge in [0.1, 0.15) is 0 Å². The van der Waals surface area contributed by atoms with Crippen LogP contribution in [0, 0.1) is 58.2 Å². The lowest BCUT2D eigenvalue weighted by Crippen LogP contribution is -2.55. The highest BCUT2D eigenvalue weighted by Gasteiger charge is 2.61. The number of amides is 1. The quantitative estimate of drug-likeness (QED) is 0.331. The zero-order valence-corrected chi connectivity index (χ0v) is 28.2. The maximum Gasteiger partial charge on any atom is 0.264 e. The summed E-state index contributed by atoms with van der Waals surface area (Å²) in [5.41, 5.74) is 0.802. The molecule has 1 amide bonds. The van der Waals surface area contributed by atoms with Crippen molar-refractivity contribution in [2.45, 2.75) is 115 Å². The summed E-state index contributed by atoms with van der Waals surface area (Å²) >= 11 is 0. The minimum absolute atomic E-state index is 0.0403. The predicted octanol–water partition coefficient (Wildman–Crippen LogP) is 7.24. The van der Waals surface area contributed by atoms with Crippen molar-refractivity contribution in [1.82, 2.24) is 4.72 Å². The van der Waals surface area contributed by atoms with Crippen molar-refractivity contribution in [2.24, 2.45) is 58.2 Å². The van der Waals surface area contributed by atoms with Crippen LogP contribution < -0.4 is 4.72 Å². The lowest BCUT2D eigenvalue weighted by molar-refractivity contribution is -0.138. The van der Waals surface area contributed by atoms with Gasteiger partial charge in [-0.3, -0.25) is 4.79 Å². The number of carbonyl (C=O) groups is 1. The Morgan fingerprint density at radius 3 is 2.17 bits per heavy atom. The minimum Gasteiger partial charge on any atom is -0.274 e. The van der Waals surface area contributed by atoms with Crippen molar-refractivity contribution in [3.63, 3.8) is 0 Å². The fourth-order valence-electron chi connectivity index (χ4n) is 11.0. The van der Waals surface area contributed by atoms with Crippen LogP contribution in [0.2, 0.25) is 0 Å². The molecule has 8 heteroatoms. The summed E-state index contributed by atoms with van der Waals surface area (Å²) < 4.78 is 51.6. The van der Waals surface area contributed by atoms with Crippen LogP contribution in [0.15, 0.2) is 34.1 Å². The molecule has 0 saturated heterocycles. The van der Waals surface area contributed by atoms with Gasteiger partial charge in [-0.25, -0.2) is 21.6 Å². The van der Waals surface area contributed by atoms with Crippen LogP contribution in [0.5, 0.6) is 0 Å². The second-order valence-corrected chi connectivity index (χ2v) is 18.9. The summed E-state index contributed by atoms with van der Waals surface area (Å²) in [6, 6.07) is 4.99. The van der Waals surface area contributed by atoms with Crippen molar-refractivity contribution in [3.8, 4) is 0 Å². The Kier molecular flexibility index (Phi) is 8.76. The summed E-state index contributed by atoms with van der Waals surface area (Å²) in [6.45, 7) is 11.7. The van der Waals surface area contributed by atoms with Crippen molar-refractivity contribution < 1.29 is 21.6 Å². The van der Waals surface area contributed by atoms with Gasteiger partial charge in [-0.2, -0.15) is 0 Å². The van der Waals surface area contributed by atoms with E-state index in [1.165, 1.54) is 88.5 Å². The van der Waals surface area contributed by atoms with Crippen LogP contribution in [0.1, 0.15) is 105 Å². The molecule has 4 aliphatic rings. The second kappa shape index (κ2) is 11.5. The Morgan fingerprint density at radius 1 is 0.881 bits per heavy atom. The van der Waals surface area contributed by atoms with E-state index in [1.807, 2.05) is 6.92 Å². The van der Waals surface area contributed by atoms with E-state index in [2.05, 4.69) is 32.4 Å². The third kappa shape index (κ3) is 5.61. The molecule has 1 aromatic rings. The molecule has 1 aromatic carbocycles. The maximum absolute atomic E-state index is 13.1. The Morgan fingerprint density at radius 2 is 1.52 bits per heavy atom. The van der Waals surface area contributed by atoms with E-state index in [0.717, 1.165) is 35.8 Å². The second-order valence-electron chi connectivity index (χ2n) is 15.2. The molecule has 0 heterocycles. The zero-order chi connectivity index (χ0) is 30.7. The molecular weight excluding hydrogens is 567 g/mol. The highest BCUT2D eigenvalue weighted by molar-refractivity contribution is 7.91. The summed E-state index contributed by atoms with van der Waals surface area (Å²) in [7, 11) is -7.52. The Bertz CT molecular complexity index is 1370. The first-order valence-corrected chi connectivity index (χ1v) is 19.9. The monoisotopic (exact) mass is 619 g/mol.